The molecule has 0 radical (unpaired) electrons. The van der Waals surface area contributed by atoms with E-state index in [0.717, 1.165) is 36.8 Å². The van der Waals surface area contributed by atoms with Gasteiger partial charge in [0.15, 0.2) is 0 Å². The number of hydrogen-bond donors (Lipinski definition) is 1. The van der Waals surface area contributed by atoms with Gasteiger partial charge in [0.05, 0.1) is 25.3 Å². The number of phenolic OH excluding ortho intramolecular Hbond substituents is 1. The zero-order valence-electron chi connectivity index (χ0n) is 15.4. The Morgan fingerprint density at radius 3 is 2.08 bits per heavy atom. The van der Waals surface area contributed by atoms with Gasteiger partial charge in [0.1, 0.15) is 5.75 Å². The summed E-state index contributed by atoms with van der Waals surface area (Å²) in [6.07, 6.45) is 3.29. The van der Waals surface area contributed by atoms with Crippen LogP contribution in [0.3, 0.4) is 0 Å². The van der Waals surface area contributed by atoms with E-state index in [1.807, 2.05) is 25.1 Å². The lowest BCUT2D eigenvalue weighted by Crippen LogP contribution is -2.12. The number of rotatable bonds is 7. The Bertz CT molecular complexity index is 795. The van der Waals surface area contributed by atoms with Crippen LogP contribution in [-0.2, 0) is 28.7 Å². The quantitative estimate of drug-likeness (QED) is 0.766. The maximum absolute atomic E-state index is 12.0. The van der Waals surface area contributed by atoms with Gasteiger partial charge >= 0.3 is 11.9 Å². The molecule has 0 spiro atoms. The highest BCUT2D eigenvalue weighted by molar-refractivity contribution is 6.03. The van der Waals surface area contributed by atoms with Crippen LogP contribution in [0.2, 0.25) is 0 Å². The van der Waals surface area contributed by atoms with E-state index in [0.29, 0.717) is 5.75 Å². The molecule has 5 nitrogen and oxygen atoms in total. The van der Waals surface area contributed by atoms with Crippen molar-refractivity contribution in [2.45, 2.75) is 32.6 Å². The molecule has 0 aliphatic rings. The number of benzene rings is 2. The number of esters is 2. The maximum Gasteiger partial charge on any atom is 0.338 e. The van der Waals surface area contributed by atoms with Crippen molar-refractivity contribution < 1.29 is 24.2 Å². The summed E-state index contributed by atoms with van der Waals surface area (Å²) in [5, 5.41) is 9.75. The summed E-state index contributed by atoms with van der Waals surface area (Å²) in [5.41, 5.74) is 3.48. The van der Waals surface area contributed by atoms with Gasteiger partial charge in [-0.05, 0) is 60.6 Å². The van der Waals surface area contributed by atoms with Gasteiger partial charge < -0.3 is 14.6 Å². The van der Waals surface area contributed by atoms with Gasteiger partial charge in [0, 0.05) is 0 Å². The van der Waals surface area contributed by atoms with Gasteiger partial charge in [-0.25, -0.2) is 9.59 Å². The van der Waals surface area contributed by atoms with Gasteiger partial charge in [0.2, 0.25) is 0 Å². The second kappa shape index (κ2) is 9.04. The fourth-order valence-electron chi connectivity index (χ4n) is 2.89. The van der Waals surface area contributed by atoms with Crippen molar-refractivity contribution in [3.05, 3.63) is 64.2 Å². The average molecular weight is 356 g/mol. The van der Waals surface area contributed by atoms with E-state index in [1.54, 1.807) is 18.2 Å². The Balaban J connectivity index is 2.10. The SMILES string of the molecule is CCc1cc(CCCc2ccc(C(=O)OC)c(C(=O)OC)c2)ccc1O. The molecule has 2 rings (SSSR count). The summed E-state index contributed by atoms with van der Waals surface area (Å²) in [4.78, 5) is 23.8. The van der Waals surface area contributed by atoms with Crippen molar-refractivity contribution in [2.24, 2.45) is 0 Å². The maximum atomic E-state index is 12.0. The minimum atomic E-state index is -0.562. The summed E-state index contributed by atoms with van der Waals surface area (Å²) in [6.45, 7) is 2.01. The third kappa shape index (κ3) is 4.63. The first-order valence-corrected chi connectivity index (χ1v) is 8.60. The molecule has 26 heavy (non-hydrogen) atoms. The fourth-order valence-corrected chi connectivity index (χ4v) is 2.89. The average Bonchev–Trinajstić information content (AvgIpc) is 2.67. The first-order valence-electron chi connectivity index (χ1n) is 8.60. The molecule has 5 heteroatoms. The van der Waals surface area contributed by atoms with Crippen LogP contribution in [0.25, 0.3) is 0 Å². The van der Waals surface area contributed by atoms with Crippen molar-refractivity contribution in [3.8, 4) is 5.75 Å². The van der Waals surface area contributed by atoms with Gasteiger partial charge in [-0.3, -0.25) is 0 Å². The fraction of sp³-hybridized carbons (Fsp3) is 0.333. The highest BCUT2D eigenvalue weighted by atomic mass is 16.5. The number of aromatic hydroxyl groups is 1. The molecule has 0 amide bonds. The molecule has 0 fully saturated rings. The number of carbonyl (C=O) groups excluding carboxylic acids is 2. The molecule has 2 aromatic rings. The molecule has 0 saturated heterocycles. The second-order valence-electron chi connectivity index (χ2n) is 6.03. The molecule has 138 valence electrons. The van der Waals surface area contributed by atoms with Crippen LogP contribution in [0.5, 0.6) is 5.75 Å². The Morgan fingerprint density at radius 2 is 1.46 bits per heavy atom. The van der Waals surface area contributed by atoms with Crippen molar-refractivity contribution in [1.82, 2.24) is 0 Å². The van der Waals surface area contributed by atoms with E-state index in [4.69, 9.17) is 9.47 Å². The molecule has 0 unspecified atom stereocenters. The lowest BCUT2D eigenvalue weighted by atomic mass is 9.98. The molecule has 0 aliphatic carbocycles. The standard InChI is InChI=1S/C21H24O5/c1-4-16-12-14(9-11-19(16)22)6-5-7-15-8-10-17(20(23)25-2)18(13-15)21(24)26-3/h8-13,22H,4-7H2,1-3H3. The van der Waals surface area contributed by atoms with Crippen LogP contribution in [-0.4, -0.2) is 31.3 Å². The molecular weight excluding hydrogens is 332 g/mol. The van der Waals surface area contributed by atoms with Crippen LogP contribution < -0.4 is 0 Å². The molecule has 2 aromatic carbocycles. The number of aryl methyl sites for hydroxylation is 3. The van der Waals surface area contributed by atoms with Crippen molar-refractivity contribution in [2.75, 3.05) is 14.2 Å². The Morgan fingerprint density at radius 1 is 0.885 bits per heavy atom. The lowest BCUT2D eigenvalue weighted by molar-refractivity contribution is 0.0555. The topological polar surface area (TPSA) is 72.8 Å². The summed E-state index contributed by atoms with van der Waals surface area (Å²) >= 11 is 0. The third-order valence-electron chi connectivity index (χ3n) is 4.35. The van der Waals surface area contributed by atoms with Crippen molar-refractivity contribution >= 4 is 11.9 Å². The van der Waals surface area contributed by atoms with Gasteiger partial charge in [-0.2, -0.15) is 0 Å². The minimum absolute atomic E-state index is 0.203. The third-order valence-corrected chi connectivity index (χ3v) is 4.35. The summed E-state index contributed by atoms with van der Waals surface area (Å²) in [5.74, 6) is -0.788. The zero-order chi connectivity index (χ0) is 19.1. The van der Waals surface area contributed by atoms with Crippen molar-refractivity contribution in [1.29, 1.82) is 0 Å². The first-order chi connectivity index (χ1) is 12.5. The van der Waals surface area contributed by atoms with Crippen molar-refractivity contribution in [3.63, 3.8) is 0 Å². The molecule has 0 heterocycles. The van der Waals surface area contributed by atoms with Crippen LogP contribution in [0, 0.1) is 0 Å². The number of hydrogen-bond acceptors (Lipinski definition) is 5. The predicted octanol–water partition coefficient (Wildman–Crippen LogP) is 3.70. The predicted molar refractivity (Wildman–Crippen MR) is 98.6 cm³/mol. The highest BCUT2D eigenvalue weighted by Gasteiger charge is 2.18. The molecule has 0 atom stereocenters. The summed E-state index contributed by atoms with van der Waals surface area (Å²) in [6, 6.07) is 10.8. The Kier molecular flexibility index (Phi) is 6.78. The Hall–Kier alpha value is -2.82. The number of ether oxygens (including phenoxy) is 2. The molecule has 0 saturated carbocycles. The van der Waals surface area contributed by atoms with E-state index in [2.05, 4.69) is 0 Å². The van der Waals surface area contributed by atoms with Crippen LogP contribution >= 0.6 is 0 Å². The molecular formula is C21H24O5. The van der Waals surface area contributed by atoms with Gasteiger partial charge in [-0.1, -0.05) is 25.1 Å². The largest absolute Gasteiger partial charge is 0.508 e. The minimum Gasteiger partial charge on any atom is -0.508 e. The van der Waals surface area contributed by atoms with E-state index in [1.165, 1.54) is 19.8 Å². The lowest BCUT2D eigenvalue weighted by Gasteiger charge is -2.10. The number of carbonyl (C=O) groups is 2. The summed E-state index contributed by atoms with van der Waals surface area (Å²) in [7, 11) is 2.56. The van der Waals surface area contributed by atoms with E-state index in [9.17, 15) is 14.7 Å². The second-order valence-corrected chi connectivity index (χ2v) is 6.03. The van der Waals surface area contributed by atoms with Gasteiger partial charge in [-0.15, -0.1) is 0 Å². The van der Waals surface area contributed by atoms with E-state index in [-0.39, 0.29) is 11.1 Å². The number of methoxy groups -OCH3 is 2. The molecule has 0 aliphatic heterocycles. The van der Waals surface area contributed by atoms with Crippen LogP contribution in [0.15, 0.2) is 36.4 Å². The van der Waals surface area contributed by atoms with E-state index < -0.39 is 11.9 Å². The normalized spacial score (nSPS) is 10.4. The summed E-state index contributed by atoms with van der Waals surface area (Å²) < 4.78 is 9.48. The highest BCUT2D eigenvalue weighted by Crippen LogP contribution is 2.21. The molecule has 1 N–H and O–H groups in total. The molecule has 0 aromatic heterocycles. The number of phenols is 1. The van der Waals surface area contributed by atoms with E-state index >= 15 is 0 Å². The van der Waals surface area contributed by atoms with Crippen LogP contribution in [0.4, 0.5) is 0 Å². The molecule has 0 bridgehead atoms. The zero-order valence-corrected chi connectivity index (χ0v) is 15.4. The smallest absolute Gasteiger partial charge is 0.338 e. The monoisotopic (exact) mass is 356 g/mol. The first kappa shape index (κ1) is 19.5. The van der Waals surface area contributed by atoms with Gasteiger partial charge in [0.25, 0.3) is 0 Å². The van der Waals surface area contributed by atoms with Crippen LogP contribution in [0.1, 0.15) is 50.8 Å². The Labute approximate surface area is 153 Å².